The number of hydrogen-bond donors (Lipinski definition) is 1. The number of unbranched alkanes of at least 4 members (excludes halogenated alkanes) is 50. The minimum Gasteiger partial charge on any atom is -0.462 e. The highest BCUT2D eigenvalue weighted by atomic mass is 31.2. The van der Waals surface area contributed by atoms with E-state index in [4.69, 9.17) is 18.5 Å². The quantitative estimate of drug-likeness (QED) is 0.0211. The molecule has 100 heavy (non-hydrogen) atoms. The molecule has 0 radical (unpaired) electrons. The second-order valence-electron chi connectivity index (χ2n) is 30.2. The number of quaternary nitrogens is 1. The number of rotatable bonds is 80. The molecule has 0 aromatic heterocycles. The molecule has 10 heteroatoms. The van der Waals surface area contributed by atoms with E-state index in [0.29, 0.717) is 23.9 Å². The first-order valence-corrected chi connectivity index (χ1v) is 44.5. The SMILES string of the molecule is CC/C=C\C/C=C\C/C=C\C/C=C\C/C=C\C/C=C\CCCCCCCCCCCCCCCCCCCCCCCCC(=O)OC(COC(=O)CCCCCCCCCCCCCCCCCCCCCCCCC/C=C\C/C=C\CCCCCCC)COP(=O)(O)OCC[N+](C)(C)C. The Kier molecular flexibility index (Phi) is 77.6. The highest BCUT2D eigenvalue weighted by Gasteiger charge is 2.27. The molecule has 2 unspecified atom stereocenters. The van der Waals surface area contributed by atoms with Crippen LogP contribution in [0.4, 0.5) is 0 Å². The van der Waals surface area contributed by atoms with Gasteiger partial charge in [-0.25, -0.2) is 4.57 Å². The highest BCUT2D eigenvalue weighted by Crippen LogP contribution is 2.43. The largest absolute Gasteiger partial charge is 0.472 e. The standard InChI is InChI=1S/C90H164NO8P/c1-6-8-10-12-14-16-18-20-22-24-26-28-30-32-34-36-38-40-42-43-44-45-46-47-49-51-53-55-57-59-61-63-65-67-69-71-73-75-77-79-81-83-90(93)99-88(87-98-100(94,95)97-85-84-91(3,4)5)86-96-89(92)82-80-78-76-74-72-70-68-66-64-62-60-58-56-54-52-50-48-41-39-37-35-33-31-29-27-25-23-21-19-17-15-13-11-9-7-2/h8,10,14,16,19-22,25-28,32,34,38,40,88H,6-7,9,11-13,15,17-18,23-24,29-31,33,35-37,39,41-87H2,1-5H3/p+1/b10-8-,16-14-,21-19-,22-20-,27-25-,28-26-,34-32-,40-38-. The molecule has 0 fully saturated rings. The molecule has 1 N–H and O–H groups in total. The molecule has 0 saturated carbocycles. The summed E-state index contributed by atoms with van der Waals surface area (Å²) >= 11 is 0. The summed E-state index contributed by atoms with van der Waals surface area (Å²) in [5.41, 5.74) is 0. The fourth-order valence-electron chi connectivity index (χ4n) is 12.6. The van der Waals surface area contributed by atoms with E-state index in [1.165, 1.54) is 302 Å². The molecule has 0 aliphatic carbocycles. The maximum absolute atomic E-state index is 12.9. The van der Waals surface area contributed by atoms with Crippen LogP contribution in [0.1, 0.15) is 412 Å². The average molecular weight is 1420 g/mol. The number of esters is 2. The molecule has 0 spiro atoms. The number of phosphoric ester groups is 1. The van der Waals surface area contributed by atoms with Gasteiger partial charge in [0.2, 0.25) is 0 Å². The number of carbonyl (C=O) groups excluding carboxylic acids is 2. The number of ether oxygens (including phenoxy) is 2. The Hall–Kier alpha value is -3.07. The van der Waals surface area contributed by atoms with Crippen molar-refractivity contribution >= 4 is 19.8 Å². The highest BCUT2D eigenvalue weighted by molar-refractivity contribution is 7.47. The van der Waals surface area contributed by atoms with E-state index in [9.17, 15) is 19.0 Å². The molecule has 9 nitrogen and oxygen atoms in total. The van der Waals surface area contributed by atoms with Crippen LogP contribution in [-0.2, 0) is 32.7 Å². The molecule has 0 saturated heterocycles. The van der Waals surface area contributed by atoms with Gasteiger partial charge < -0.3 is 18.9 Å². The van der Waals surface area contributed by atoms with Gasteiger partial charge in [-0.15, -0.1) is 0 Å². The molecule has 2 atom stereocenters. The Balaban J connectivity index is 3.89. The minimum atomic E-state index is -4.40. The molecular formula is C90H165NO8P+. The molecule has 0 heterocycles. The van der Waals surface area contributed by atoms with Gasteiger partial charge in [0.05, 0.1) is 27.7 Å². The van der Waals surface area contributed by atoms with Crippen LogP contribution in [0.5, 0.6) is 0 Å². The van der Waals surface area contributed by atoms with Crippen LogP contribution in [0, 0.1) is 0 Å². The van der Waals surface area contributed by atoms with E-state index in [2.05, 4.69) is 111 Å². The Bertz CT molecular complexity index is 2010. The molecule has 582 valence electrons. The first kappa shape index (κ1) is 96.9. The maximum Gasteiger partial charge on any atom is 0.472 e. The lowest BCUT2D eigenvalue weighted by Crippen LogP contribution is -2.37. The summed E-state index contributed by atoms with van der Waals surface area (Å²) in [5, 5.41) is 0. The average Bonchev–Trinajstić information content (AvgIpc) is 1.30. The molecule has 0 amide bonds. The van der Waals surface area contributed by atoms with Gasteiger partial charge in [-0.1, -0.05) is 400 Å². The lowest BCUT2D eigenvalue weighted by molar-refractivity contribution is -0.870. The zero-order valence-corrected chi connectivity index (χ0v) is 67.6. The number of hydrogen-bond acceptors (Lipinski definition) is 7. The van der Waals surface area contributed by atoms with Gasteiger partial charge >= 0.3 is 19.8 Å². The van der Waals surface area contributed by atoms with Gasteiger partial charge in [-0.2, -0.15) is 0 Å². The van der Waals surface area contributed by atoms with Crippen LogP contribution in [-0.4, -0.2) is 74.9 Å². The first-order valence-electron chi connectivity index (χ1n) is 43.0. The summed E-state index contributed by atoms with van der Waals surface area (Å²) in [6.07, 6.45) is 113. The van der Waals surface area contributed by atoms with E-state index < -0.39 is 26.5 Å². The molecule has 0 rings (SSSR count). The lowest BCUT2D eigenvalue weighted by Gasteiger charge is -2.24. The molecule has 0 aliphatic heterocycles. The summed E-state index contributed by atoms with van der Waals surface area (Å²) in [6, 6.07) is 0. The van der Waals surface area contributed by atoms with Gasteiger partial charge in [-0.3, -0.25) is 18.6 Å². The van der Waals surface area contributed by atoms with E-state index in [0.717, 1.165) is 77.0 Å². The number of phosphoric acid groups is 1. The second-order valence-corrected chi connectivity index (χ2v) is 31.6. The number of allylic oxidation sites excluding steroid dienone is 16. The number of nitrogens with zero attached hydrogens (tertiary/aromatic N) is 1. The van der Waals surface area contributed by atoms with Crippen molar-refractivity contribution in [2.75, 3.05) is 47.5 Å². The Labute approximate surface area is 621 Å². The lowest BCUT2D eigenvalue weighted by atomic mass is 10.0. The molecule has 0 aromatic rings. The van der Waals surface area contributed by atoms with Crippen molar-refractivity contribution in [3.63, 3.8) is 0 Å². The van der Waals surface area contributed by atoms with Gasteiger partial charge in [0.1, 0.15) is 19.8 Å². The third kappa shape index (κ3) is 83.9. The Morgan fingerprint density at radius 1 is 0.320 bits per heavy atom. The molecule has 0 bridgehead atoms. The van der Waals surface area contributed by atoms with E-state index in [1.807, 2.05) is 21.1 Å². The third-order valence-corrected chi connectivity index (χ3v) is 20.1. The van der Waals surface area contributed by atoms with Gasteiger partial charge in [0, 0.05) is 12.8 Å². The van der Waals surface area contributed by atoms with E-state index in [-0.39, 0.29) is 25.6 Å². The summed E-state index contributed by atoms with van der Waals surface area (Å²) in [6.45, 7) is 4.37. The van der Waals surface area contributed by atoms with Crippen LogP contribution < -0.4 is 0 Å². The fraction of sp³-hybridized carbons (Fsp3) is 0.800. The Morgan fingerprint density at radius 2 is 0.570 bits per heavy atom. The monoisotopic (exact) mass is 1420 g/mol. The van der Waals surface area contributed by atoms with Crippen LogP contribution in [0.3, 0.4) is 0 Å². The third-order valence-electron chi connectivity index (χ3n) is 19.1. The second kappa shape index (κ2) is 80.0. The molecular weight excluding hydrogens is 1250 g/mol. The minimum absolute atomic E-state index is 0.0328. The smallest absolute Gasteiger partial charge is 0.462 e. The van der Waals surface area contributed by atoms with Crippen molar-refractivity contribution in [1.82, 2.24) is 0 Å². The van der Waals surface area contributed by atoms with Crippen molar-refractivity contribution in [1.29, 1.82) is 0 Å². The summed E-state index contributed by atoms with van der Waals surface area (Å²) < 4.78 is 34.9. The van der Waals surface area contributed by atoms with Crippen LogP contribution in [0.15, 0.2) is 97.2 Å². The predicted octanol–water partition coefficient (Wildman–Crippen LogP) is 29.0. The van der Waals surface area contributed by atoms with Crippen LogP contribution in [0.2, 0.25) is 0 Å². The fourth-order valence-corrected chi connectivity index (χ4v) is 13.3. The van der Waals surface area contributed by atoms with E-state index >= 15 is 0 Å². The van der Waals surface area contributed by atoms with Crippen LogP contribution in [0.25, 0.3) is 0 Å². The Morgan fingerprint density at radius 3 is 0.850 bits per heavy atom. The zero-order valence-electron chi connectivity index (χ0n) is 66.7. The van der Waals surface area contributed by atoms with Crippen LogP contribution >= 0.6 is 7.82 Å². The normalized spacial score (nSPS) is 13.5. The van der Waals surface area contributed by atoms with Gasteiger partial charge in [0.15, 0.2) is 6.10 Å². The number of likely N-dealkylation sites (N-methyl/N-ethyl adjacent to an activating group) is 1. The molecule has 0 aliphatic rings. The van der Waals surface area contributed by atoms with Crippen molar-refractivity contribution in [2.45, 2.75) is 418 Å². The summed E-state index contributed by atoms with van der Waals surface area (Å²) in [4.78, 5) is 36.0. The van der Waals surface area contributed by atoms with E-state index in [1.54, 1.807) is 0 Å². The predicted molar refractivity (Wildman–Crippen MR) is 436 cm³/mol. The van der Waals surface area contributed by atoms with Crippen molar-refractivity contribution in [3.05, 3.63) is 97.2 Å². The van der Waals surface area contributed by atoms with Gasteiger partial charge in [0.25, 0.3) is 0 Å². The van der Waals surface area contributed by atoms with Crippen molar-refractivity contribution < 1.29 is 42.1 Å². The van der Waals surface area contributed by atoms with Crippen molar-refractivity contribution in [3.8, 4) is 0 Å². The summed E-state index contributed by atoms with van der Waals surface area (Å²) in [7, 11) is 1.50. The molecule has 0 aromatic carbocycles. The topological polar surface area (TPSA) is 108 Å². The summed E-state index contributed by atoms with van der Waals surface area (Å²) in [5.74, 6) is -0.775. The first-order chi connectivity index (χ1) is 49.0. The maximum atomic E-state index is 12.9. The van der Waals surface area contributed by atoms with Gasteiger partial charge in [-0.05, 0) is 96.3 Å². The zero-order chi connectivity index (χ0) is 72.5. The van der Waals surface area contributed by atoms with Crippen molar-refractivity contribution in [2.24, 2.45) is 0 Å². The number of carbonyl (C=O) groups is 2.